The summed E-state index contributed by atoms with van der Waals surface area (Å²) in [4.78, 5) is 28.1. The van der Waals surface area contributed by atoms with Crippen molar-refractivity contribution >= 4 is 58.6 Å². The summed E-state index contributed by atoms with van der Waals surface area (Å²) in [5.74, 6) is -0.476. The van der Waals surface area contributed by atoms with Crippen LogP contribution < -0.4 is 0 Å². The monoisotopic (exact) mass is 392 g/mol. The van der Waals surface area contributed by atoms with Crippen molar-refractivity contribution < 1.29 is 14.0 Å². The Morgan fingerprint density at radius 3 is 2.24 bits per heavy atom. The molecular weight excluding hydrogens is 380 g/mol. The zero-order valence-corrected chi connectivity index (χ0v) is 15.7. The second-order valence-electron chi connectivity index (χ2n) is 5.28. The van der Waals surface area contributed by atoms with Crippen LogP contribution in [0.15, 0.2) is 56.4 Å². The highest BCUT2D eigenvalue weighted by atomic mass is 35.5. The lowest BCUT2D eigenvalue weighted by atomic mass is 10.1. The van der Waals surface area contributed by atoms with E-state index in [-0.39, 0.29) is 10.7 Å². The van der Waals surface area contributed by atoms with Crippen molar-refractivity contribution in [2.75, 3.05) is 14.1 Å². The van der Waals surface area contributed by atoms with E-state index in [4.69, 9.17) is 28.2 Å². The van der Waals surface area contributed by atoms with Crippen molar-refractivity contribution in [2.45, 2.75) is 9.99 Å². The van der Waals surface area contributed by atoms with Gasteiger partial charge in [-0.3, -0.25) is 19.4 Å². The highest BCUT2D eigenvalue weighted by Crippen LogP contribution is 2.31. The highest BCUT2D eigenvalue weighted by Gasteiger charge is 2.35. The van der Waals surface area contributed by atoms with Gasteiger partial charge in [0.2, 0.25) is 0 Å². The van der Waals surface area contributed by atoms with Gasteiger partial charge in [-0.25, -0.2) is 0 Å². The number of carbonyl (C=O) groups excluding carboxylic acids is 2. The van der Waals surface area contributed by atoms with E-state index >= 15 is 0 Å². The Kier molecular flexibility index (Phi) is 4.99. The van der Waals surface area contributed by atoms with Crippen molar-refractivity contribution in [1.82, 2.24) is 9.80 Å². The largest absolute Gasteiger partial charge is 0.450 e. The molecule has 0 N–H and O–H groups in total. The molecule has 2 heterocycles. The first-order valence-electron chi connectivity index (χ1n) is 7.22. The fraction of sp³-hybridized carbons (Fsp3) is 0.118. The zero-order chi connectivity index (χ0) is 18.1. The van der Waals surface area contributed by atoms with Crippen LogP contribution in [0.4, 0.5) is 0 Å². The summed E-state index contributed by atoms with van der Waals surface area (Å²) in [5, 5.41) is 1.47. The molecule has 1 aromatic heterocycles. The Balaban J connectivity index is 1.83. The predicted octanol–water partition coefficient (Wildman–Crippen LogP) is 3.68. The summed E-state index contributed by atoms with van der Waals surface area (Å²) in [6.07, 6.45) is 1.44. The number of halogens is 1. The van der Waals surface area contributed by atoms with E-state index in [0.29, 0.717) is 15.9 Å². The lowest BCUT2D eigenvalue weighted by Gasteiger charge is -2.31. The second kappa shape index (κ2) is 7.03. The quantitative estimate of drug-likeness (QED) is 0.453. The highest BCUT2D eigenvalue weighted by molar-refractivity contribution is 7.99. The third-order valence-corrected chi connectivity index (χ3v) is 5.29. The molecule has 0 radical (unpaired) electrons. The maximum atomic E-state index is 12.3. The molecule has 1 saturated heterocycles. The van der Waals surface area contributed by atoms with Gasteiger partial charge >= 0.3 is 0 Å². The number of amides is 2. The van der Waals surface area contributed by atoms with Gasteiger partial charge in [-0.15, -0.1) is 0 Å². The summed E-state index contributed by atoms with van der Waals surface area (Å²) in [6.45, 7) is 0. The topological polar surface area (TPSA) is 53.8 Å². The van der Waals surface area contributed by atoms with Gasteiger partial charge in [0, 0.05) is 24.0 Å². The third-order valence-electron chi connectivity index (χ3n) is 3.56. The Morgan fingerprint density at radius 1 is 1.04 bits per heavy atom. The minimum absolute atomic E-state index is 0.0102. The van der Waals surface area contributed by atoms with E-state index in [1.54, 1.807) is 24.3 Å². The molecule has 25 heavy (non-hydrogen) atoms. The number of furan rings is 1. The van der Waals surface area contributed by atoms with Crippen LogP contribution in [-0.4, -0.2) is 40.8 Å². The number of hydrogen-bond acceptors (Lipinski definition) is 5. The van der Waals surface area contributed by atoms with Gasteiger partial charge < -0.3 is 4.42 Å². The molecule has 5 nitrogen and oxygen atoms in total. The van der Waals surface area contributed by atoms with Gasteiger partial charge in [0.1, 0.15) is 11.3 Å². The number of rotatable bonds is 3. The first-order chi connectivity index (χ1) is 11.9. The van der Waals surface area contributed by atoms with E-state index in [2.05, 4.69) is 0 Å². The average Bonchev–Trinajstić information content (AvgIpc) is 3.04. The SMILES string of the molecule is CN1C(=O)C(=Cc2ccc(Sc3ccc(Cl)cc3)o2)C(=O)N(C)C1=S. The number of hydrogen-bond donors (Lipinski definition) is 0. The summed E-state index contributed by atoms with van der Waals surface area (Å²) < 4.78 is 5.69. The molecule has 2 amide bonds. The summed E-state index contributed by atoms with van der Waals surface area (Å²) in [7, 11) is 3.07. The minimum Gasteiger partial charge on any atom is -0.450 e. The smallest absolute Gasteiger partial charge is 0.265 e. The van der Waals surface area contributed by atoms with Crippen LogP contribution in [0.25, 0.3) is 6.08 Å². The Bertz CT molecular complexity index is 864. The average molecular weight is 393 g/mol. The lowest BCUT2D eigenvalue weighted by molar-refractivity contribution is -0.132. The molecule has 128 valence electrons. The number of likely N-dealkylation sites (N-methyl/N-ethyl adjacent to an activating group) is 2. The lowest BCUT2D eigenvalue weighted by Crippen LogP contribution is -2.52. The zero-order valence-electron chi connectivity index (χ0n) is 13.4. The second-order valence-corrected chi connectivity index (χ2v) is 7.16. The van der Waals surface area contributed by atoms with Crippen molar-refractivity contribution in [2.24, 2.45) is 0 Å². The van der Waals surface area contributed by atoms with Crippen molar-refractivity contribution in [3.05, 3.63) is 52.8 Å². The van der Waals surface area contributed by atoms with E-state index < -0.39 is 11.8 Å². The van der Waals surface area contributed by atoms with Crippen LogP contribution in [0.2, 0.25) is 5.02 Å². The fourth-order valence-electron chi connectivity index (χ4n) is 2.20. The van der Waals surface area contributed by atoms with Crippen LogP contribution in [0.1, 0.15) is 5.76 Å². The molecule has 0 atom stereocenters. The molecule has 0 bridgehead atoms. The minimum atomic E-state index is -0.448. The number of nitrogens with zero attached hydrogens (tertiary/aromatic N) is 2. The molecule has 0 aliphatic carbocycles. The summed E-state index contributed by atoms with van der Waals surface area (Å²) in [6, 6.07) is 10.8. The molecular formula is C17H13ClN2O3S2. The maximum Gasteiger partial charge on any atom is 0.265 e. The Hall–Kier alpha value is -2.09. The van der Waals surface area contributed by atoms with E-state index in [0.717, 1.165) is 4.90 Å². The van der Waals surface area contributed by atoms with Crippen LogP contribution in [0.3, 0.4) is 0 Å². The van der Waals surface area contributed by atoms with Crippen LogP contribution in [0.5, 0.6) is 0 Å². The number of benzene rings is 1. The molecule has 8 heteroatoms. The van der Waals surface area contributed by atoms with Gasteiger partial charge in [0.25, 0.3) is 11.8 Å². The fourth-order valence-corrected chi connectivity index (χ4v) is 3.27. The van der Waals surface area contributed by atoms with Gasteiger partial charge in [-0.1, -0.05) is 23.4 Å². The molecule has 0 saturated carbocycles. The van der Waals surface area contributed by atoms with Gasteiger partial charge in [0.05, 0.1) is 0 Å². The molecule has 1 aliphatic heterocycles. The molecule has 1 fully saturated rings. The molecule has 0 unspecified atom stereocenters. The maximum absolute atomic E-state index is 12.3. The first-order valence-corrected chi connectivity index (χ1v) is 8.82. The van der Waals surface area contributed by atoms with E-state index in [9.17, 15) is 9.59 Å². The van der Waals surface area contributed by atoms with Crippen molar-refractivity contribution in [1.29, 1.82) is 0 Å². The number of carbonyl (C=O) groups is 2. The summed E-state index contributed by atoms with van der Waals surface area (Å²) in [5.41, 5.74) is 0.0102. The summed E-state index contributed by atoms with van der Waals surface area (Å²) >= 11 is 12.3. The van der Waals surface area contributed by atoms with Gasteiger partial charge in [-0.2, -0.15) is 0 Å². The standard InChI is InChI=1S/C17H13ClN2O3S2/c1-19-15(21)13(16(22)20(2)17(19)24)9-11-5-8-14(23-11)25-12-6-3-10(18)4-7-12/h3-9H,1-2H3. The van der Waals surface area contributed by atoms with Crippen molar-refractivity contribution in [3.8, 4) is 0 Å². The molecule has 2 aromatic rings. The number of thiocarbonyl (C=S) groups is 1. The van der Waals surface area contributed by atoms with Crippen LogP contribution in [0, 0.1) is 0 Å². The molecule has 0 spiro atoms. The van der Waals surface area contributed by atoms with Gasteiger partial charge in [0.15, 0.2) is 10.2 Å². The van der Waals surface area contributed by atoms with Crippen LogP contribution in [-0.2, 0) is 9.59 Å². The first kappa shape index (κ1) is 17.7. The van der Waals surface area contributed by atoms with Crippen molar-refractivity contribution in [3.63, 3.8) is 0 Å². The normalized spacial score (nSPS) is 15.2. The van der Waals surface area contributed by atoms with Crippen LogP contribution >= 0.6 is 35.6 Å². The Morgan fingerprint density at radius 2 is 1.64 bits per heavy atom. The van der Waals surface area contributed by atoms with E-state index in [1.165, 1.54) is 41.7 Å². The molecule has 1 aliphatic rings. The molecule has 3 rings (SSSR count). The predicted molar refractivity (Wildman–Crippen MR) is 100 cm³/mol. The van der Waals surface area contributed by atoms with Gasteiger partial charge in [-0.05, 0) is 54.7 Å². The Labute approximate surface area is 159 Å². The van der Waals surface area contributed by atoms with E-state index in [1.807, 2.05) is 12.1 Å². The molecule has 1 aromatic carbocycles. The third kappa shape index (κ3) is 3.63.